The Morgan fingerprint density at radius 2 is 2.08 bits per heavy atom. The van der Waals surface area contributed by atoms with Gasteiger partial charge in [0.15, 0.2) is 0 Å². The molecule has 1 atom stereocenters. The number of imidazole rings is 1. The molecule has 0 amide bonds. The molecule has 2 aromatic carbocycles. The molecule has 1 heterocycles. The highest BCUT2D eigenvalue weighted by atomic mass is 16.3. The fraction of sp³-hybridized carbons (Fsp3) is 0.150. The molecule has 0 bridgehead atoms. The Hall–Kier alpha value is -3.39. The number of benzene rings is 2. The minimum atomic E-state index is -0.00861. The maximum atomic E-state index is 10.4. The maximum Gasteiger partial charge on any atom is 0.126 e. The third-order valence-corrected chi connectivity index (χ3v) is 3.85. The minimum absolute atomic E-state index is 0.00861. The standard InChI is InChI=1S/C20H18N4O/c1-14(9-17-12-22-13-23-17)24-20(16-5-3-2-4-6-16)18-8-7-15(11-21)10-19(18)25/h2-8,10,12-14,25H,9H2,1H3,(H,22,23)/t14-/m1/s1. The van der Waals surface area contributed by atoms with Crippen molar-refractivity contribution in [3.8, 4) is 11.8 Å². The molecular weight excluding hydrogens is 312 g/mol. The van der Waals surface area contributed by atoms with Gasteiger partial charge in [-0.25, -0.2) is 4.98 Å². The smallest absolute Gasteiger partial charge is 0.126 e. The Balaban J connectivity index is 2.01. The molecule has 0 unspecified atom stereocenters. The first kappa shape index (κ1) is 16.5. The van der Waals surface area contributed by atoms with E-state index in [1.807, 2.05) is 43.3 Å². The van der Waals surface area contributed by atoms with Crippen LogP contribution in [0.2, 0.25) is 0 Å². The first-order chi connectivity index (χ1) is 12.2. The van der Waals surface area contributed by atoms with Crippen LogP contribution in [0.4, 0.5) is 0 Å². The van der Waals surface area contributed by atoms with E-state index in [0.29, 0.717) is 23.3 Å². The number of nitrogens with zero attached hydrogens (tertiary/aromatic N) is 3. The van der Waals surface area contributed by atoms with Crippen molar-refractivity contribution in [2.24, 2.45) is 4.99 Å². The zero-order valence-electron chi connectivity index (χ0n) is 13.8. The molecule has 5 heteroatoms. The summed E-state index contributed by atoms with van der Waals surface area (Å²) in [6, 6.07) is 16.6. The number of nitrogens with one attached hydrogen (secondary N) is 1. The van der Waals surface area contributed by atoms with E-state index in [0.717, 1.165) is 11.3 Å². The van der Waals surface area contributed by atoms with E-state index in [1.54, 1.807) is 24.7 Å². The number of H-pyrrole nitrogens is 1. The summed E-state index contributed by atoms with van der Waals surface area (Å²) >= 11 is 0. The van der Waals surface area contributed by atoms with E-state index < -0.39 is 0 Å². The lowest BCUT2D eigenvalue weighted by Gasteiger charge is -2.13. The highest BCUT2D eigenvalue weighted by Crippen LogP contribution is 2.23. The Kier molecular flexibility index (Phi) is 4.91. The normalized spacial score (nSPS) is 12.6. The van der Waals surface area contributed by atoms with Crippen molar-refractivity contribution in [1.29, 1.82) is 5.26 Å². The van der Waals surface area contributed by atoms with Crippen molar-refractivity contribution < 1.29 is 5.11 Å². The minimum Gasteiger partial charge on any atom is -0.507 e. The molecule has 0 fully saturated rings. The monoisotopic (exact) mass is 330 g/mol. The van der Waals surface area contributed by atoms with Gasteiger partial charge in [-0.3, -0.25) is 4.99 Å². The van der Waals surface area contributed by atoms with Crippen LogP contribution in [-0.2, 0) is 6.42 Å². The van der Waals surface area contributed by atoms with Crippen molar-refractivity contribution >= 4 is 5.71 Å². The van der Waals surface area contributed by atoms with Crippen LogP contribution in [0.1, 0.15) is 29.3 Å². The van der Waals surface area contributed by atoms with E-state index in [4.69, 9.17) is 10.3 Å². The van der Waals surface area contributed by atoms with Crippen molar-refractivity contribution in [2.45, 2.75) is 19.4 Å². The molecule has 2 N–H and O–H groups in total. The number of hydrogen-bond acceptors (Lipinski definition) is 4. The second-order valence-corrected chi connectivity index (χ2v) is 5.82. The van der Waals surface area contributed by atoms with Gasteiger partial charge in [0.1, 0.15) is 5.75 Å². The van der Waals surface area contributed by atoms with Crippen LogP contribution in [0.3, 0.4) is 0 Å². The molecule has 0 saturated heterocycles. The van der Waals surface area contributed by atoms with Gasteiger partial charge in [0.2, 0.25) is 0 Å². The van der Waals surface area contributed by atoms with Gasteiger partial charge in [0.05, 0.1) is 29.7 Å². The molecule has 3 aromatic rings. The number of aromatic nitrogens is 2. The summed E-state index contributed by atoms with van der Waals surface area (Å²) in [6.07, 6.45) is 4.15. The average molecular weight is 330 g/mol. The highest BCUT2D eigenvalue weighted by molar-refractivity contribution is 6.14. The summed E-state index contributed by atoms with van der Waals surface area (Å²) in [7, 11) is 0. The number of nitriles is 1. The molecule has 5 nitrogen and oxygen atoms in total. The molecule has 25 heavy (non-hydrogen) atoms. The number of aromatic amines is 1. The Morgan fingerprint density at radius 1 is 1.28 bits per heavy atom. The molecular formula is C20H18N4O. The van der Waals surface area contributed by atoms with Crippen molar-refractivity contribution in [2.75, 3.05) is 0 Å². The zero-order valence-corrected chi connectivity index (χ0v) is 13.8. The molecule has 0 radical (unpaired) electrons. The van der Waals surface area contributed by atoms with Crippen LogP contribution < -0.4 is 0 Å². The SMILES string of the molecule is C[C@H](Cc1cnc[nH]1)N=C(c1ccccc1)c1ccc(C#N)cc1O. The number of phenols is 1. The second kappa shape index (κ2) is 7.45. The molecule has 0 saturated carbocycles. The predicted molar refractivity (Wildman–Crippen MR) is 96.7 cm³/mol. The van der Waals surface area contributed by atoms with E-state index >= 15 is 0 Å². The summed E-state index contributed by atoms with van der Waals surface area (Å²) in [5.74, 6) is 0.0513. The van der Waals surface area contributed by atoms with Gasteiger partial charge in [-0.05, 0) is 25.1 Å². The lowest BCUT2D eigenvalue weighted by molar-refractivity contribution is 0.474. The largest absolute Gasteiger partial charge is 0.507 e. The van der Waals surface area contributed by atoms with Gasteiger partial charge in [-0.2, -0.15) is 5.26 Å². The Bertz CT molecular complexity index is 909. The molecule has 0 spiro atoms. The third-order valence-electron chi connectivity index (χ3n) is 3.85. The average Bonchev–Trinajstić information content (AvgIpc) is 3.13. The van der Waals surface area contributed by atoms with Gasteiger partial charge in [0.25, 0.3) is 0 Å². The van der Waals surface area contributed by atoms with Crippen LogP contribution in [0.5, 0.6) is 5.75 Å². The summed E-state index contributed by atoms with van der Waals surface area (Å²) in [6.45, 7) is 2.02. The van der Waals surface area contributed by atoms with Gasteiger partial charge < -0.3 is 10.1 Å². The maximum absolute atomic E-state index is 10.4. The summed E-state index contributed by atoms with van der Waals surface area (Å²) in [5.41, 5.74) is 3.65. The van der Waals surface area contributed by atoms with Crippen LogP contribution in [-0.4, -0.2) is 26.8 Å². The number of hydrogen-bond donors (Lipinski definition) is 2. The third kappa shape index (κ3) is 3.93. The summed E-state index contributed by atoms with van der Waals surface area (Å²) < 4.78 is 0. The number of phenolic OH excluding ortho intramolecular Hbond substituents is 1. The predicted octanol–water partition coefficient (Wildman–Crippen LogP) is 3.46. The first-order valence-electron chi connectivity index (χ1n) is 8.01. The highest BCUT2D eigenvalue weighted by Gasteiger charge is 2.14. The fourth-order valence-corrected chi connectivity index (χ4v) is 2.68. The lowest BCUT2D eigenvalue weighted by atomic mass is 9.99. The van der Waals surface area contributed by atoms with E-state index in [2.05, 4.69) is 9.97 Å². The van der Waals surface area contributed by atoms with Crippen molar-refractivity contribution in [3.63, 3.8) is 0 Å². The molecule has 0 aliphatic carbocycles. The number of rotatable bonds is 5. The molecule has 124 valence electrons. The Morgan fingerprint density at radius 3 is 2.72 bits per heavy atom. The van der Waals surface area contributed by atoms with E-state index in [1.165, 1.54) is 6.07 Å². The van der Waals surface area contributed by atoms with E-state index in [9.17, 15) is 5.11 Å². The first-order valence-corrected chi connectivity index (χ1v) is 8.01. The number of aliphatic imine (C=N–C) groups is 1. The fourth-order valence-electron chi connectivity index (χ4n) is 2.68. The zero-order chi connectivity index (χ0) is 17.6. The molecule has 0 aliphatic heterocycles. The summed E-state index contributed by atoms with van der Waals surface area (Å²) in [5, 5.41) is 19.4. The Labute approximate surface area is 146 Å². The van der Waals surface area contributed by atoms with Crippen molar-refractivity contribution in [3.05, 3.63) is 83.4 Å². The summed E-state index contributed by atoms with van der Waals surface area (Å²) in [4.78, 5) is 11.9. The van der Waals surface area contributed by atoms with Gasteiger partial charge in [0, 0.05) is 29.4 Å². The molecule has 1 aromatic heterocycles. The van der Waals surface area contributed by atoms with Crippen LogP contribution in [0.15, 0.2) is 66.0 Å². The number of aromatic hydroxyl groups is 1. The molecule has 3 rings (SSSR count). The van der Waals surface area contributed by atoms with Gasteiger partial charge in [-0.1, -0.05) is 30.3 Å². The van der Waals surface area contributed by atoms with E-state index in [-0.39, 0.29) is 11.8 Å². The van der Waals surface area contributed by atoms with Crippen molar-refractivity contribution in [1.82, 2.24) is 9.97 Å². The second-order valence-electron chi connectivity index (χ2n) is 5.82. The van der Waals surface area contributed by atoms with Gasteiger partial charge >= 0.3 is 0 Å². The molecule has 0 aliphatic rings. The van der Waals surface area contributed by atoms with Gasteiger partial charge in [-0.15, -0.1) is 0 Å². The van der Waals surface area contributed by atoms with Crippen LogP contribution in [0.25, 0.3) is 0 Å². The van der Waals surface area contributed by atoms with Crippen LogP contribution in [0, 0.1) is 11.3 Å². The topological polar surface area (TPSA) is 85.1 Å². The van der Waals surface area contributed by atoms with Crippen LogP contribution >= 0.6 is 0 Å². The lowest BCUT2D eigenvalue weighted by Crippen LogP contribution is -2.11. The quantitative estimate of drug-likeness (QED) is 0.703.